The Bertz CT molecular complexity index is 448. The maximum absolute atomic E-state index is 9.40. The zero-order chi connectivity index (χ0) is 13.0. The average molecular weight is 260 g/mol. The van der Waals surface area contributed by atoms with Gasteiger partial charge in [-0.05, 0) is 38.3 Å². The molecule has 18 heavy (non-hydrogen) atoms. The topological polar surface area (TPSA) is 35.8 Å². The smallest absolute Gasteiger partial charge is 0.118 e. The minimum atomic E-state index is -0.311. The lowest BCUT2D eigenvalue weighted by molar-refractivity contribution is 0.441. The molecule has 2 nitrogen and oxygen atoms in total. The summed E-state index contributed by atoms with van der Waals surface area (Å²) in [6.07, 6.45) is 2.39. The van der Waals surface area contributed by atoms with Crippen LogP contribution in [0, 0.1) is 24.2 Å². The second-order valence-electron chi connectivity index (χ2n) is 5.09. The van der Waals surface area contributed by atoms with E-state index in [9.17, 15) is 5.26 Å². The summed E-state index contributed by atoms with van der Waals surface area (Å²) in [5, 5.41) is 12.6. The number of hydrogen-bond donors (Lipinski definition) is 1. The van der Waals surface area contributed by atoms with Crippen LogP contribution in [0.4, 0.5) is 0 Å². The zero-order valence-electron chi connectivity index (χ0n) is 11.1. The molecule has 0 aliphatic heterocycles. The lowest BCUT2D eigenvalue weighted by Crippen LogP contribution is -2.46. The summed E-state index contributed by atoms with van der Waals surface area (Å²) in [6, 6.07) is 11.1. The molecule has 2 rings (SSSR count). The first-order chi connectivity index (χ1) is 8.70. The standard InChI is InChI=1S/C15H20N2S/c1-12-4-3-5-13(8-12)9-18-11-15(10-16,17-2)14-6-7-14/h3-5,8,14,17H,6-7,9,11H2,1-2H3. The number of thioether (sulfide) groups is 1. The van der Waals surface area contributed by atoms with E-state index in [1.165, 1.54) is 24.0 Å². The Labute approximate surface area is 114 Å². The molecule has 0 aromatic heterocycles. The quantitative estimate of drug-likeness (QED) is 0.853. The minimum absolute atomic E-state index is 0.311. The van der Waals surface area contributed by atoms with Crippen molar-refractivity contribution in [2.45, 2.75) is 31.1 Å². The molecule has 0 bridgehead atoms. The molecule has 0 amide bonds. The van der Waals surface area contributed by atoms with E-state index in [1.54, 1.807) is 0 Å². The summed E-state index contributed by atoms with van der Waals surface area (Å²) < 4.78 is 0. The van der Waals surface area contributed by atoms with Crippen LogP contribution in [0.15, 0.2) is 24.3 Å². The molecule has 1 unspecified atom stereocenters. The van der Waals surface area contributed by atoms with Crippen LogP contribution >= 0.6 is 11.8 Å². The SMILES string of the molecule is CNC(C#N)(CSCc1cccc(C)c1)C1CC1. The highest BCUT2D eigenvalue weighted by atomic mass is 32.2. The molecular weight excluding hydrogens is 240 g/mol. The molecule has 3 heteroatoms. The van der Waals surface area contributed by atoms with Crippen molar-refractivity contribution in [3.63, 3.8) is 0 Å². The van der Waals surface area contributed by atoms with Gasteiger partial charge in [-0.15, -0.1) is 0 Å². The molecule has 0 radical (unpaired) electrons. The van der Waals surface area contributed by atoms with Gasteiger partial charge in [-0.1, -0.05) is 29.8 Å². The highest BCUT2D eigenvalue weighted by molar-refractivity contribution is 7.98. The Kier molecular flexibility index (Phi) is 4.31. The van der Waals surface area contributed by atoms with Crippen LogP contribution < -0.4 is 5.32 Å². The lowest BCUT2D eigenvalue weighted by atomic mass is 9.98. The molecule has 1 aromatic carbocycles. The molecule has 1 saturated carbocycles. The fourth-order valence-corrected chi connectivity index (χ4v) is 3.57. The summed E-state index contributed by atoms with van der Waals surface area (Å²) in [5.41, 5.74) is 2.34. The predicted octanol–water partition coefficient (Wildman–Crippen LogP) is 3.12. The molecule has 1 fully saturated rings. The van der Waals surface area contributed by atoms with Crippen molar-refractivity contribution in [3.05, 3.63) is 35.4 Å². The molecule has 0 spiro atoms. The van der Waals surface area contributed by atoms with Crippen molar-refractivity contribution in [3.8, 4) is 6.07 Å². The Morgan fingerprint density at radius 3 is 2.83 bits per heavy atom. The number of nitrogens with zero attached hydrogens (tertiary/aromatic N) is 1. The molecule has 1 aliphatic rings. The van der Waals surface area contributed by atoms with Gasteiger partial charge in [0.05, 0.1) is 6.07 Å². The Hall–Kier alpha value is -0.980. The van der Waals surface area contributed by atoms with Crippen molar-refractivity contribution in [1.29, 1.82) is 5.26 Å². The van der Waals surface area contributed by atoms with Crippen LogP contribution in [0.25, 0.3) is 0 Å². The molecule has 96 valence electrons. The first-order valence-electron chi connectivity index (χ1n) is 6.43. The van der Waals surface area contributed by atoms with E-state index in [-0.39, 0.29) is 5.54 Å². The van der Waals surface area contributed by atoms with Gasteiger partial charge in [-0.25, -0.2) is 0 Å². The summed E-state index contributed by atoms with van der Waals surface area (Å²) in [7, 11) is 1.91. The van der Waals surface area contributed by atoms with E-state index in [4.69, 9.17) is 0 Å². The van der Waals surface area contributed by atoms with E-state index < -0.39 is 0 Å². The third kappa shape index (κ3) is 3.07. The number of hydrogen-bond acceptors (Lipinski definition) is 3. The summed E-state index contributed by atoms with van der Waals surface area (Å²) in [4.78, 5) is 0. The van der Waals surface area contributed by atoms with Gasteiger partial charge >= 0.3 is 0 Å². The second kappa shape index (κ2) is 5.77. The molecule has 0 saturated heterocycles. The van der Waals surface area contributed by atoms with Gasteiger partial charge in [-0.2, -0.15) is 17.0 Å². The van der Waals surface area contributed by atoms with Gasteiger partial charge in [0.25, 0.3) is 0 Å². The zero-order valence-corrected chi connectivity index (χ0v) is 11.9. The summed E-state index contributed by atoms with van der Waals surface area (Å²) >= 11 is 1.85. The second-order valence-corrected chi connectivity index (χ2v) is 6.07. The Balaban J connectivity index is 1.89. The van der Waals surface area contributed by atoms with Crippen molar-refractivity contribution >= 4 is 11.8 Å². The fraction of sp³-hybridized carbons (Fsp3) is 0.533. The Morgan fingerprint density at radius 2 is 2.28 bits per heavy atom. The number of nitrogens with one attached hydrogen (secondary N) is 1. The van der Waals surface area contributed by atoms with Crippen LogP contribution in [0.3, 0.4) is 0 Å². The number of benzene rings is 1. The summed E-state index contributed by atoms with van der Waals surface area (Å²) in [6.45, 7) is 2.12. The van der Waals surface area contributed by atoms with Gasteiger partial charge in [0, 0.05) is 11.5 Å². The van der Waals surface area contributed by atoms with Crippen molar-refractivity contribution in [2.75, 3.05) is 12.8 Å². The van der Waals surface area contributed by atoms with Crippen molar-refractivity contribution in [1.82, 2.24) is 5.32 Å². The maximum Gasteiger partial charge on any atom is 0.118 e. The highest BCUT2D eigenvalue weighted by Crippen LogP contribution is 2.41. The van der Waals surface area contributed by atoms with Gasteiger partial charge in [0.15, 0.2) is 0 Å². The van der Waals surface area contributed by atoms with Gasteiger partial charge < -0.3 is 5.32 Å². The fourth-order valence-electron chi connectivity index (χ4n) is 2.28. The average Bonchev–Trinajstić information content (AvgIpc) is 3.20. The first-order valence-corrected chi connectivity index (χ1v) is 7.59. The van der Waals surface area contributed by atoms with Crippen LogP contribution in [0.5, 0.6) is 0 Å². The highest BCUT2D eigenvalue weighted by Gasteiger charge is 2.44. The first kappa shape index (κ1) is 13.5. The van der Waals surface area contributed by atoms with Gasteiger partial charge in [0.2, 0.25) is 0 Å². The molecule has 0 heterocycles. The molecule has 1 N–H and O–H groups in total. The normalized spacial score (nSPS) is 18.1. The number of aryl methyl sites for hydroxylation is 1. The van der Waals surface area contributed by atoms with Gasteiger partial charge in [0.1, 0.15) is 5.54 Å². The largest absolute Gasteiger partial charge is 0.302 e. The van der Waals surface area contributed by atoms with E-state index in [0.717, 1.165) is 11.5 Å². The van der Waals surface area contributed by atoms with Gasteiger partial charge in [-0.3, -0.25) is 0 Å². The Morgan fingerprint density at radius 1 is 1.50 bits per heavy atom. The molecule has 1 aliphatic carbocycles. The van der Waals surface area contributed by atoms with Crippen molar-refractivity contribution < 1.29 is 0 Å². The third-order valence-corrected chi connectivity index (χ3v) is 4.80. The monoisotopic (exact) mass is 260 g/mol. The molecule has 1 aromatic rings. The van der Waals surface area contributed by atoms with Crippen LogP contribution in [-0.4, -0.2) is 18.3 Å². The minimum Gasteiger partial charge on any atom is -0.302 e. The summed E-state index contributed by atoms with van der Waals surface area (Å²) in [5.74, 6) is 2.41. The third-order valence-electron chi connectivity index (χ3n) is 3.60. The number of nitriles is 1. The van der Waals surface area contributed by atoms with E-state index in [2.05, 4.69) is 42.6 Å². The van der Waals surface area contributed by atoms with E-state index >= 15 is 0 Å². The predicted molar refractivity (Wildman–Crippen MR) is 77.5 cm³/mol. The maximum atomic E-state index is 9.40. The molecular formula is C15H20N2S. The van der Waals surface area contributed by atoms with Crippen LogP contribution in [0.1, 0.15) is 24.0 Å². The van der Waals surface area contributed by atoms with E-state index in [1.807, 2.05) is 18.8 Å². The van der Waals surface area contributed by atoms with E-state index in [0.29, 0.717) is 5.92 Å². The van der Waals surface area contributed by atoms with Crippen LogP contribution in [-0.2, 0) is 5.75 Å². The molecule has 1 atom stereocenters. The van der Waals surface area contributed by atoms with Crippen molar-refractivity contribution in [2.24, 2.45) is 5.92 Å². The van der Waals surface area contributed by atoms with Crippen LogP contribution in [0.2, 0.25) is 0 Å². The lowest BCUT2D eigenvalue weighted by Gasteiger charge is -2.25. The number of rotatable bonds is 6.